The van der Waals surface area contributed by atoms with Gasteiger partial charge >= 0.3 is 0 Å². The second-order valence-electron chi connectivity index (χ2n) is 5.58. The summed E-state index contributed by atoms with van der Waals surface area (Å²) in [6.45, 7) is 8.18. The molecule has 120 valence electrons. The SMILES string of the molecule is CCNC(=NCc1cc(C#N)ccc1F)NCCCC(C)C. The van der Waals surface area contributed by atoms with Gasteiger partial charge in [-0.15, -0.1) is 0 Å². The van der Waals surface area contributed by atoms with Crippen LogP contribution in [0.25, 0.3) is 0 Å². The van der Waals surface area contributed by atoms with Crippen molar-refractivity contribution >= 4 is 5.96 Å². The van der Waals surface area contributed by atoms with Crippen LogP contribution in [-0.2, 0) is 6.54 Å². The van der Waals surface area contributed by atoms with Crippen molar-refractivity contribution in [3.05, 3.63) is 35.1 Å². The summed E-state index contributed by atoms with van der Waals surface area (Å²) in [7, 11) is 0. The Hall–Kier alpha value is -2.09. The molecule has 0 saturated carbocycles. The molecule has 1 rings (SSSR count). The smallest absolute Gasteiger partial charge is 0.191 e. The van der Waals surface area contributed by atoms with Gasteiger partial charge in [0.25, 0.3) is 0 Å². The van der Waals surface area contributed by atoms with Crippen molar-refractivity contribution < 1.29 is 4.39 Å². The van der Waals surface area contributed by atoms with Crippen LogP contribution in [0.15, 0.2) is 23.2 Å². The predicted molar refractivity (Wildman–Crippen MR) is 88.0 cm³/mol. The number of halogens is 1. The summed E-state index contributed by atoms with van der Waals surface area (Å²) < 4.78 is 13.7. The van der Waals surface area contributed by atoms with Crippen molar-refractivity contribution in [2.45, 2.75) is 40.2 Å². The summed E-state index contributed by atoms with van der Waals surface area (Å²) in [4.78, 5) is 4.38. The molecule has 1 aromatic carbocycles. The van der Waals surface area contributed by atoms with Gasteiger partial charge < -0.3 is 10.6 Å². The summed E-state index contributed by atoms with van der Waals surface area (Å²) >= 11 is 0. The number of rotatable bonds is 7. The van der Waals surface area contributed by atoms with Gasteiger partial charge in [-0.1, -0.05) is 13.8 Å². The number of aliphatic imine (C=N–C) groups is 1. The molecule has 22 heavy (non-hydrogen) atoms. The maximum Gasteiger partial charge on any atom is 0.191 e. The van der Waals surface area contributed by atoms with Crippen molar-refractivity contribution in [2.75, 3.05) is 13.1 Å². The Balaban J connectivity index is 2.63. The van der Waals surface area contributed by atoms with Crippen molar-refractivity contribution in [1.82, 2.24) is 10.6 Å². The Morgan fingerprint density at radius 3 is 2.77 bits per heavy atom. The minimum Gasteiger partial charge on any atom is -0.357 e. The zero-order chi connectivity index (χ0) is 16.4. The summed E-state index contributed by atoms with van der Waals surface area (Å²) in [5.41, 5.74) is 0.875. The van der Waals surface area contributed by atoms with Crippen LogP contribution in [0.1, 0.15) is 44.7 Å². The first-order valence-corrected chi connectivity index (χ1v) is 7.77. The quantitative estimate of drug-likeness (QED) is 0.462. The highest BCUT2D eigenvalue weighted by Crippen LogP contribution is 2.11. The lowest BCUT2D eigenvalue weighted by Crippen LogP contribution is -2.37. The third-order valence-corrected chi connectivity index (χ3v) is 3.18. The first-order chi connectivity index (χ1) is 10.6. The topological polar surface area (TPSA) is 60.2 Å². The number of guanidine groups is 1. The van der Waals surface area contributed by atoms with Gasteiger partial charge in [-0.25, -0.2) is 9.38 Å². The van der Waals surface area contributed by atoms with Crippen LogP contribution in [0.4, 0.5) is 4.39 Å². The molecule has 0 aliphatic heterocycles. The fourth-order valence-corrected chi connectivity index (χ4v) is 1.99. The zero-order valence-corrected chi connectivity index (χ0v) is 13.6. The molecule has 0 bridgehead atoms. The van der Waals surface area contributed by atoms with Crippen LogP contribution >= 0.6 is 0 Å². The van der Waals surface area contributed by atoms with E-state index in [-0.39, 0.29) is 12.4 Å². The monoisotopic (exact) mass is 304 g/mol. The summed E-state index contributed by atoms with van der Waals surface area (Å²) in [5, 5.41) is 15.3. The van der Waals surface area contributed by atoms with Crippen LogP contribution in [0.5, 0.6) is 0 Å². The number of nitriles is 1. The largest absolute Gasteiger partial charge is 0.357 e. The van der Waals surface area contributed by atoms with E-state index in [1.807, 2.05) is 13.0 Å². The van der Waals surface area contributed by atoms with Gasteiger partial charge in [0.1, 0.15) is 5.82 Å². The van der Waals surface area contributed by atoms with Gasteiger partial charge in [0, 0.05) is 18.7 Å². The molecule has 1 aromatic rings. The van der Waals surface area contributed by atoms with E-state index in [2.05, 4.69) is 29.5 Å². The molecule has 5 heteroatoms. The lowest BCUT2D eigenvalue weighted by Gasteiger charge is -2.12. The summed E-state index contributed by atoms with van der Waals surface area (Å²) in [5.74, 6) is 1.02. The van der Waals surface area contributed by atoms with Crippen LogP contribution in [0.2, 0.25) is 0 Å². The van der Waals surface area contributed by atoms with Gasteiger partial charge in [-0.3, -0.25) is 0 Å². The van der Waals surface area contributed by atoms with Crippen LogP contribution in [0.3, 0.4) is 0 Å². The van der Waals surface area contributed by atoms with Gasteiger partial charge in [-0.2, -0.15) is 5.26 Å². The molecule has 0 aliphatic carbocycles. The van der Waals surface area contributed by atoms with E-state index in [4.69, 9.17) is 5.26 Å². The Kier molecular flexibility index (Phi) is 7.98. The number of hydrogen-bond donors (Lipinski definition) is 2. The molecule has 0 unspecified atom stereocenters. The average molecular weight is 304 g/mol. The molecule has 0 atom stereocenters. The van der Waals surface area contributed by atoms with Crippen LogP contribution in [-0.4, -0.2) is 19.0 Å². The van der Waals surface area contributed by atoms with Gasteiger partial charge in [-0.05, 0) is 43.9 Å². The van der Waals surface area contributed by atoms with E-state index in [1.165, 1.54) is 12.1 Å². The predicted octanol–water partition coefficient (Wildman–Crippen LogP) is 3.19. The zero-order valence-electron chi connectivity index (χ0n) is 13.6. The highest BCUT2D eigenvalue weighted by atomic mass is 19.1. The third kappa shape index (κ3) is 6.57. The minimum atomic E-state index is -0.335. The lowest BCUT2D eigenvalue weighted by molar-refractivity contribution is 0.549. The molecule has 0 aliphatic rings. The molecule has 0 fully saturated rings. The Morgan fingerprint density at radius 1 is 1.36 bits per heavy atom. The van der Waals surface area contributed by atoms with Crippen molar-refractivity contribution in [3.8, 4) is 6.07 Å². The molecule has 0 amide bonds. The van der Waals surface area contributed by atoms with Crippen molar-refractivity contribution in [3.63, 3.8) is 0 Å². The molecule has 0 radical (unpaired) electrons. The number of hydrogen-bond acceptors (Lipinski definition) is 2. The normalized spacial score (nSPS) is 11.4. The minimum absolute atomic E-state index is 0.209. The van der Waals surface area contributed by atoms with E-state index in [0.717, 1.165) is 25.9 Å². The lowest BCUT2D eigenvalue weighted by atomic mass is 10.1. The van der Waals surface area contributed by atoms with Gasteiger partial charge in [0.05, 0.1) is 18.2 Å². The van der Waals surface area contributed by atoms with Crippen LogP contribution in [0, 0.1) is 23.1 Å². The first-order valence-electron chi connectivity index (χ1n) is 7.77. The second-order valence-corrected chi connectivity index (χ2v) is 5.58. The van der Waals surface area contributed by atoms with E-state index in [1.54, 1.807) is 6.07 Å². The number of nitrogens with one attached hydrogen (secondary N) is 2. The third-order valence-electron chi connectivity index (χ3n) is 3.18. The molecule has 2 N–H and O–H groups in total. The molecule has 0 heterocycles. The highest BCUT2D eigenvalue weighted by Gasteiger charge is 2.04. The van der Waals surface area contributed by atoms with Crippen LogP contribution < -0.4 is 10.6 Å². The first kappa shape index (κ1) is 18.0. The maximum atomic E-state index is 13.7. The maximum absolute atomic E-state index is 13.7. The molecule has 4 nitrogen and oxygen atoms in total. The van der Waals surface area contributed by atoms with Gasteiger partial charge in [0.2, 0.25) is 0 Å². The Morgan fingerprint density at radius 2 is 2.14 bits per heavy atom. The summed E-state index contributed by atoms with van der Waals surface area (Å²) in [6, 6.07) is 6.34. The average Bonchev–Trinajstić information content (AvgIpc) is 2.50. The van der Waals surface area contributed by atoms with E-state index >= 15 is 0 Å². The summed E-state index contributed by atoms with van der Waals surface area (Å²) in [6.07, 6.45) is 2.23. The molecular weight excluding hydrogens is 279 g/mol. The number of benzene rings is 1. The molecular formula is C17H25FN4. The standard InChI is InChI=1S/C17H25FN4/c1-4-20-17(21-9-5-6-13(2)3)22-12-15-10-14(11-19)7-8-16(15)18/h7-8,10,13H,4-6,9,12H2,1-3H3,(H2,20,21,22). The Bertz CT molecular complexity index is 532. The molecule has 0 spiro atoms. The fraction of sp³-hybridized carbons (Fsp3) is 0.529. The van der Waals surface area contributed by atoms with E-state index < -0.39 is 0 Å². The van der Waals surface area contributed by atoms with Crippen molar-refractivity contribution in [1.29, 1.82) is 5.26 Å². The molecule has 0 saturated heterocycles. The van der Waals surface area contributed by atoms with Crippen molar-refractivity contribution in [2.24, 2.45) is 10.9 Å². The molecule has 0 aromatic heterocycles. The van der Waals surface area contributed by atoms with Gasteiger partial charge in [0.15, 0.2) is 5.96 Å². The number of nitrogens with zero attached hydrogens (tertiary/aromatic N) is 2. The van der Waals surface area contributed by atoms with E-state index in [0.29, 0.717) is 23.0 Å². The highest BCUT2D eigenvalue weighted by molar-refractivity contribution is 5.79. The second kappa shape index (κ2) is 9.78. The Labute approximate surface area is 132 Å². The fourth-order valence-electron chi connectivity index (χ4n) is 1.99. The van der Waals surface area contributed by atoms with E-state index in [9.17, 15) is 4.39 Å².